The number of hydrogen-bond donors (Lipinski definition) is 1. The number of halogens is 1. The second kappa shape index (κ2) is 4.71. The van der Waals surface area contributed by atoms with Crippen molar-refractivity contribution in [2.75, 3.05) is 13.7 Å². The highest BCUT2D eigenvalue weighted by Crippen LogP contribution is 2.28. The summed E-state index contributed by atoms with van der Waals surface area (Å²) in [5.74, 6) is 0. The zero-order valence-electron chi connectivity index (χ0n) is 9.52. The average Bonchev–Trinajstić information content (AvgIpc) is 2.36. The molecule has 1 aromatic carbocycles. The van der Waals surface area contributed by atoms with Crippen LogP contribution < -0.4 is 0 Å². The minimum Gasteiger partial charge on any atom is -0.465 e. The molecule has 4 nitrogen and oxygen atoms in total. The molecule has 0 fully saturated rings. The summed E-state index contributed by atoms with van der Waals surface area (Å²) in [6.45, 7) is 0.713. The second-order valence-corrected chi connectivity index (χ2v) is 3.99. The van der Waals surface area contributed by atoms with Gasteiger partial charge in [-0.15, -0.1) is 0 Å². The summed E-state index contributed by atoms with van der Waals surface area (Å²) in [6, 6.07) is 5.24. The molecule has 0 saturated heterocycles. The lowest BCUT2D eigenvalue weighted by molar-refractivity contribution is -0.00756. The van der Waals surface area contributed by atoms with Crippen LogP contribution in [0.15, 0.2) is 18.2 Å². The summed E-state index contributed by atoms with van der Waals surface area (Å²) in [6.07, 6.45) is -1.85. The molecular formula is C12H14FNO3. The first-order chi connectivity index (χ1) is 8.13. The van der Waals surface area contributed by atoms with Crippen molar-refractivity contribution in [3.05, 3.63) is 34.9 Å². The van der Waals surface area contributed by atoms with Crippen LogP contribution in [0.1, 0.15) is 23.0 Å². The van der Waals surface area contributed by atoms with E-state index in [1.54, 1.807) is 12.1 Å². The zero-order chi connectivity index (χ0) is 12.4. The molecule has 17 heavy (non-hydrogen) atoms. The molecule has 1 amide bonds. The number of rotatable bonds is 2. The Morgan fingerprint density at radius 2 is 2.35 bits per heavy atom. The minimum atomic E-state index is -1.44. The van der Waals surface area contributed by atoms with Crippen LogP contribution in [0.25, 0.3) is 0 Å². The lowest BCUT2D eigenvalue weighted by Gasteiger charge is -2.28. The SMILES string of the molecule is COC(F)c1cccc2c1CCN(C(=O)O)C2. The highest BCUT2D eigenvalue weighted by atomic mass is 19.1. The summed E-state index contributed by atoms with van der Waals surface area (Å²) < 4.78 is 18.2. The first-order valence-electron chi connectivity index (χ1n) is 5.39. The summed E-state index contributed by atoms with van der Waals surface area (Å²) >= 11 is 0. The van der Waals surface area contributed by atoms with Crippen molar-refractivity contribution in [3.63, 3.8) is 0 Å². The maximum atomic E-state index is 13.6. The Balaban J connectivity index is 2.32. The van der Waals surface area contributed by atoms with Gasteiger partial charge in [-0.1, -0.05) is 18.2 Å². The quantitative estimate of drug-likeness (QED) is 0.861. The Hall–Kier alpha value is -1.62. The van der Waals surface area contributed by atoms with E-state index in [1.165, 1.54) is 12.0 Å². The van der Waals surface area contributed by atoms with Crippen LogP contribution in [0.2, 0.25) is 0 Å². The number of carbonyl (C=O) groups is 1. The highest BCUT2D eigenvalue weighted by Gasteiger charge is 2.24. The fourth-order valence-electron chi connectivity index (χ4n) is 2.14. The largest absolute Gasteiger partial charge is 0.465 e. The van der Waals surface area contributed by atoms with Gasteiger partial charge in [0.1, 0.15) is 0 Å². The molecule has 2 rings (SSSR count). The van der Waals surface area contributed by atoms with E-state index in [0.717, 1.165) is 11.1 Å². The Bertz CT molecular complexity index is 436. The number of alkyl halides is 1. The van der Waals surface area contributed by atoms with E-state index in [0.29, 0.717) is 25.1 Å². The molecule has 92 valence electrons. The third-order valence-corrected chi connectivity index (χ3v) is 3.02. The third-order valence-electron chi connectivity index (χ3n) is 3.02. The van der Waals surface area contributed by atoms with E-state index < -0.39 is 12.5 Å². The Labute approximate surface area is 98.6 Å². The predicted octanol–water partition coefficient (Wildman–Crippen LogP) is 2.34. The van der Waals surface area contributed by atoms with Crippen LogP contribution in [-0.2, 0) is 17.7 Å². The van der Waals surface area contributed by atoms with Crippen LogP contribution in [0.5, 0.6) is 0 Å². The molecule has 0 aromatic heterocycles. The van der Waals surface area contributed by atoms with Gasteiger partial charge in [-0.25, -0.2) is 9.18 Å². The van der Waals surface area contributed by atoms with Crippen molar-refractivity contribution >= 4 is 6.09 Å². The monoisotopic (exact) mass is 239 g/mol. The summed E-state index contributed by atoms with van der Waals surface area (Å²) in [5.41, 5.74) is 2.24. The number of methoxy groups -OCH3 is 1. The predicted molar refractivity (Wildman–Crippen MR) is 59.4 cm³/mol. The average molecular weight is 239 g/mol. The Morgan fingerprint density at radius 3 is 3.00 bits per heavy atom. The van der Waals surface area contributed by atoms with Gasteiger partial charge in [0, 0.05) is 25.8 Å². The van der Waals surface area contributed by atoms with Crippen molar-refractivity contribution in [3.8, 4) is 0 Å². The summed E-state index contributed by atoms with van der Waals surface area (Å²) in [7, 11) is 1.32. The number of benzene rings is 1. The molecule has 1 atom stereocenters. The number of hydrogen-bond acceptors (Lipinski definition) is 2. The molecule has 1 heterocycles. The lowest BCUT2D eigenvalue weighted by Crippen LogP contribution is -2.35. The van der Waals surface area contributed by atoms with Gasteiger partial charge in [-0.05, 0) is 17.5 Å². The zero-order valence-corrected chi connectivity index (χ0v) is 9.52. The van der Waals surface area contributed by atoms with E-state index in [-0.39, 0.29) is 0 Å². The van der Waals surface area contributed by atoms with Gasteiger partial charge < -0.3 is 14.7 Å². The molecule has 1 unspecified atom stereocenters. The molecule has 1 aromatic rings. The molecule has 0 saturated carbocycles. The maximum Gasteiger partial charge on any atom is 0.407 e. The molecule has 0 aliphatic carbocycles. The lowest BCUT2D eigenvalue weighted by atomic mass is 9.94. The Morgan fingerprint density at radius 1 is 1.59 bits per heavy atom. The van der Waals surface area contributed by atoms with Gasteiger partial charge in [0.25, 0.3) is 0 Å². The Kier molecular flexibility index (Phi) is 3.28. The van der Waals surface area contributed by atoms with Crippen molar-refractivity contribution < 1.29 is 19.0 Å². The molecule has 1 aliphatic rings. The van der Waals surface area contributed by atoms with Crippen LogP contribution in [0, 0.1) is 0 Å². The number of ether oxygens (including phenoxy) is 1. The van der Waals surface area contributed by atoms with Gasteiger partial charge in [-0.2, -0.15) is 0 Å². The molecular weight excluding hydrogens is 225 g/mol. The molecule has 1 N–H and O–H groups in total. The number of fused-ring (bicyclic) bond motifs is 1. The van der Waals surface area contributed by atoms with Crippen LogP contribution in [0.3, 0.4) is 0 Å². The number of amides is 1. The van der Waals surface area contributed by atoms with Crippen LogP contribution >= 0.6 is 0 Å². The summed E-state index contributed by atoms with van der Waals surface area (Å²) in [4.78, 5) is 12.2. The van der Waals surface area contributed by atoms with Crippen molar-refractivity contribution in [1.82, 2.24) is 4.90 Å². The van der Waals surface area contributed by atoms with E-state index in [4.69, 9.17) is 5.11 Å². The van der Waals surface area contributed by atoms with Crippen molar-refractivity contribution in [2.24, 2.45) is 0 Å². The first kappa shape index (κ1) is 11.9. The van der Waals surface area contributed by atoms with Gasteiger partial charge >= 0.3 is 6.09 Å². The molecule has 0 spiro atoms. The van der Waals surface area contributed by atoms with E-state index >= 15 is 0 Å². The maximum absolute atomic E-state index is 13.6. The van der Waals surface area contributed by atoms with E-state index in [2.05, 4.69) is 4.74 Å². The van der Waals surface area contributed by atoms with Crippen LogP contribution in [-0.4, -0.2) is 29.8 Å². The molecule has 5 heteroatoms. The fraction of sp³-hybridized carbons (Fsp3) is 0.417. The normalized spacial score (nSPS) is 16.5. The van der Waals surface area contributed by atoms with Gasteiger partial charge in [0.05, 0.1) is 0 Å². The van der Waals surface area contributed by atoms with E-state index in [9.17, 15) is 9.18 Å². The molecule has 0 bridgehead atoms. The van der Waals surface area contributed by atoms with Crippen LogP contribution in [0.4, 0.5) is 9.18 Å². The van der Waals surface area contributed by atoms with Gasteiger partial charge in [-0.3, -0.25) is 0 Å². The smallest absolute Gasteiger partial charge is 0.407 e. The first-order valence-corrected chi connectivity index (χ1v) is 5.39. The summed E-state index contributed by atoms with van der Waals surface area (Å²) in [5, 5.41) is 8.92. The van der Waals surface area contributed by atoms with Gasteiger partial charge in [0.15, 0.2) is 0 Å². The van der Waals surface area contributed by atoms with Gasteiger partial charge in [0.2, 0.25) is 6.36 Å². The number of nitrogens with zero attached hydrogens (tertiary/aromatic N) is 1. The minimum absolute atomic E-state index is 0.314. The second-order valence-electron chi connectivity index (χ2n) is 3.99. The van der Waals surface area contributed by atoms with E-state index in [1.807, 2.05) is 6.07 Å². The van der Waals surface area contributed by atoms with Crippen molar-refractivity contribution in [1.29, 1.82) is 0 Å². The third kappa shape index (κ3) is 2.24. The van der Waals surface area contributed by atoms with Crippen molar-refractivity contribution in [2.45, 2.75) is 19.3 Å². The number of carboxylic acid groups (broad SMARTS) is 1. The topological polar surface area (TPSA) is 49.8 Å². The standard InChI is InChI=1S/C12H14FNO3/c1-17-11(13)10-4-2-3-8-7-14(12(15)16)6-5-9(8)10/h2-4,11H,5-7H2,1H3,(H,15,16). The highest BCUT2D eigenvalue weighted by molar-refractivity contribution is 5.65. The fourth-order valence-corrected chi connectivity index (χ4v) is 2.14. The molecule has 1 aliphatic heterocycles. The molecule has 0 radical (unpaired) electrons.